The van der Waals surface area contributed by atoms with Gasteiger partial charge in [-0.3, -0.25) is 0 Å². The van der Waals surface area contributed by atoms with E-state index in [1.165, 1.54) is 11.2 Å². The van der Waals surface area contributed by atoms with Crippen LogP contribution in [-0.2, 0) is 23.0 Å². The number of ether oxygens (including phenoxy) is 1. The van der Waals surface area contributed by atoms with Gasteiger partial charge < -0.3 is 4.74 Å². The zero-order valence-corrected chi connectivity index (χ0v) is 6.02. The van der Waals surface area contributed by atoms with Crippen LogP contribution >= 0.6 is 0 Å². The van der Waals surface area contributed by atoms with Gasteiger partial charge in [-0.25, -0.2) is 9.48 Å². The highest BCUT2D eigenvalue weighted by Crippen LogP contribution is 1.89. The molecule has 0 fully saturated rings. The van der Waals surface area contributed by atoms with E-state index in [-0.39, 0.29) is 6.61 Å². The van der Waals surface area contributed by atoms with Crippen molar-refractivity contribution in [2.45, 2.75) is 6.42 Å². The van der Waals surface area contributed by atoms with Gasteiger partial charge in [0.2, 0.25) is 0 Å². The molecule has 0 saturated heterocycles. The summed E-state index contributed by atoms with van der Waals surface area (Å²) < 4.78 is 5.87. The molecule has 0 spiro atoms. The van der Waals surface area contributed by atoms with Gasteiger partial charge in [-0.05, 0) is 10.4 Å². The van der Waals surface area contributed by atoms with E-state index in [4.69, 9.17) is 0 Å². The van der Waals surface area contributed by atoms with E-state index >= 15 is 0 Å². The van der Waals surface area contributed by atoms with Gasteiger partial charge >= 0.3 is 6.47 Å². The molecule has 1 rings (SSSR count). The number of hydrogen-bond donors (Lipinski definition) is 0. The van der Waals surface area contributed by atoms with Gasteiger partial charge in [-0.15, -0.1) is 5.10 Å². The minimum Gasteiger partial charge on any atom is -0.457 e. The largest absolute Gasteiger partial charge is 0.457 e. The van der Waals surface area contributed by atoms with Crippen LogP contribution in [0.25, 0.3) is 0 Å². The predicted octanol–water partition coefficient (Wildman–Crippen LogP) is -1.16. The number of carbonyl (C=O) groups excluding carboxylic acids is 1. The highest BCUT2D eigenvalue weighted by atomic mass is 16.5. The van der Waals surface area contributed by atoms with Crippen molar-refractivity contribution in [3.8, 4) is 0 Å². The summed E-state index contributed by atoms with van der Waals surface area (Å²) in [5.74, 6) is 0.681. The molecule has 1 heterocycles. The molecule has 0 saturated carbocycles. The lowest BCUT2D eigenvalue weighted by Gasteiger charge is -1.95. The minimum atomic E-state index is 0.262. The van der Waals surface area contributed by atoms with E-state index in [1.54, 1.807) is 7.05 Å². The Morgan fingerprint density at radius 1 is 1.73 bits per heavy atom. The topological polar surface area (TPSA) is 69.9 Å². The Kier molecular flexibility index (Phi) is 2.53. The van der Waals surface area contributed by atoms with E-state index < -0.39 is 0 Å². The third kappa shape index (κ3) is 1.99. The molecule has 0 amide bonds. The fourth-order valence-electron chi connectivity index (χ4n) is 0.644. The molecule has 0 N–H and O–H groups in total. The Morgan fingerprint density at radius 2 is 2.55 bits per heavy atom. The summed E-state index contributed by atoms with van der Waals surface area (Å²) in [6, 6.07) is 0. The highest BCUT2D eigenvalue weighted by Gasteiger charge is 2.00. The maximum atomic E-state index is 9.61. The molecule has 0 bridgehead atoms. The van der Waals surface area contributed by atoms with Gasteiger partial charge in [0, 0.05) is 13.5 Å². The molecule has 1 aromatic rings. The molecule has 11 heavy (non-hydrogen) atoms. The van der Waals surface area contributed by atoms with Gasteiger partial charge in [-0.2, -0.15) is 0 Å². The summed E-state index contributed by atoms with van der Waals surface area (Å²) in [6.45, 7) is 1.58. The van der Waals surface area contributed by atoms with Crippen molar-refractivity contribution in [2.75, 3.05) is 6.61 Å². The fourth-order valence-corrected chi connectivity index (χ4v) is 0.644. The molecule has 1 aromatic heterocycles. The van der Waals surface area contributed by atoms with Crippen LogP contribution in [0.3, 0.4) is 0 Å². The number of tetrazole rings is 1. The SMILES string of the molecule is Cn1nnnc1CCO[C]=O. The van der Waals surface area contributed by atoms with Crippen LogP contribution in [0.1, 0.15) is 5.82 Å². The quantitative estimate of drug-likeness (QED) is 0.513. The minimum absolute atomic E-state index is 0.262. The van der Waals surface area contributed by atoms with Gasteiger partial charge in [0.05, 0.1) is 6.61 Å². The zero-order chi connectivity index (χ0) is 8.10. The van der Waals surface area contributed by atoms with Crippen LogP contribution in [0.2, 0.25) is 0 Å². The van der Waals surface area contributed by atoms with Crippen LogP contribution < -0.4 is 0 Å². The highest BCUT2D eigenvalue weighted by molar-refractivity contribution is 5.38. The Morgan fingerprint density at radius 3 is 3.09 bits per heavy atom. The smallest absolute Gasteiger partial charge is 0.417 e. The summed E-state index contributed by atoms with van der Waals surface area (Å²) in [6.07, 6.45) is 0.513. The second-order valence-corrected chi connectivity index (χ2v) is 1.90. The standard InChI is InChI=1S/C5H7N4O2/c1-9-5(6-7-8-9)2-3-11-4-10/h2-3H2,1H3. The number of hydrogen-bond acceptors (Lipinski definition) is 5. The van der Waals surface area contributed by atoms with Crippen molar-refractivity contribution in [1.82, 2.24) is 20.2 Å². The van der Waals surface area contributed by atoms with Gasteiger partial charge in [-0.1, -0.05) is 0 Å². The maximum Gasteiger partial charge on any atom is 0.417 e. The predicted molar refractivity (Wildman–Crippen MR) is 34.1 cm³/mol. The summed E-state index contributed by atoms with van der Waals surface area (Å²) in [5, 5.41) is 10.7. The van der Waals surface area contributed by atoms with Gasteiger partial charge in [0.15, 0.2) is 5.82 Å². The Bertz CT molecular complexity index is 234. The second-order valence-electron chi connectivity index (χ2n) is 1.90. The molecule has 6 heteroatoms. The molecule has 6 nitrogen and oxygen atoms in total. The summed E-state index contributed by atoms with van der Waals surface area (Å²) in [7, 11) is 1.72. The van der Waals surface area contributed by atoms with Crippen LogP contribution in [-0.4, -0.2) is 33.3 Å². The van der Waals surface area contributed by atoms with Gasteiger partial charge in [0.1, 0.15) is 0 Å². The van der Waals surface area contributed by atoms with Crippen molar-refractivity contribution in [2.24, 2.45) is 7.05 Å². The Labute approximate surface area is 63.1 Å². The molecule has 0 atom stereocenters. The molecule has 1 radical (unpaired) electrons. The monoisotopic (exact) mass is 155 g/mol. The van der Waals surface area contributed by atoms with Crippen molar-refractivity contribution < 1.29 is 9.53 Å². The molecule has 0 unspecified atom stereocenters. The molecule has 0 aliphatic carbocycles. The van der Waals surface area contributed by atoms with Crippen LogP contribution in [0.4, 0.5) is 0 Å². The first-order valence-electron chi connectivity index (χ1n) is 3.04. The third-order valence-electron chi connectivity index (χ3n) is 1.19. The first-order valence-corrected chi connectivity index (χ1v) is 3.04. The van der Waals surface area contributed by atoms with E-state index in [2.05, 4.69) is 20.3 Å². The lowest BCUT2D eigenvalue weighted by Crippen LogP contribution is -2.04. The first-order chi connectivity index (χ1) is 5.34. The molecule has 59 valence electrons. The van der Waals surface area contributed by atoms with Crippen LogP contribution in [0.15, 0.2) is 0 Å². The van der Waals surface area contributed by atoms with Crippen molar-refractivity contribution >= 4 is 6.47 Å². The molecular weight excluding hydrogens is 148 g/mol. The van der Waals surface area contributed by atoms with E-state index in [1.807, 2.05) is 0 Å². The van der Waals surface area contributed by atoms with E-state index in [0.29, 0.717) is 12.2 Å². The summed E-state index contributed by atoms with van der Waals surface area (Å²) >= 11 is 0. The molecule has 0 aliphatic rings. The maximum absolute atomic E-state index is 9.61. The number of rotatable bonds is 4. The summed E-state index contributed by atoms with van der Waals surface area (Å²) in [5.41, 5.74) is 0. The number of aromatic nitrogens is 4. The van der Waals surface area contributed by atoms with Crippen LogP contribution in [0, 0.1) is 0 Å². The fraction of sp³-hybridized carbons (Fsp3) is 0.600. The lowest BCUT2D eigenvalue weighted by molar-refractivity contribution is 0.278. The zero-order valence-electron chi connectivity index (χ0n) is 6.02. The summed E-state index contributed by atoms with van der Waals surface area (Å²) in [4.78, 5) is 9.61. The number of nitrogens with zero attached hydrogens (tertiary/aromatic N) is 4. The number of aryl methyl sites for hydroxylation is 1. The Balaban J connectivity index is 2.38. The van der Waals surface area contributed by atoms with Crippen molar-refractivity contribution in [3.05, 3.63) is 5.82 Å². The van der Waals surface area contributed by atoms with Crippen molar-refractivity contribution in [1.29, 1.82) is 0 Å². The molecule has 0 aromatic carbocycles. The molecule has 0 aliphatic heterocycles. The average molecular weight is 155 g/mol. The Hall–Kier alpha value is -1.46. The van der Waals surface area contributed by atoms with Crippen LogP contribution in [0.5, 0.6) is 0 Å². The normalized spacial score (nSPS) is 9.55. The lowest BCUT2D eigenvalue weighted by atomic mass is 10.4. The van der Waals surface area contributed by atoms with Gasteiger partial charge in [0.25, 0.3) is 0 Å². The average Bonchev–Trinajstić information content (AvgIpc) is 2.37. The van der Waals surface area contributed by atoms with Crippen molar-refractivity contribution in [3.63, 3.8) is 0 Å². The van der Waals surface area contributed by atoms with E-state index in [9.17, 15) is 4.79 Å². The van der Waals surface area contributed by atoms with E-state index in [0.717, 1.165) is 0 Å². The third-order valence-corrected chi connectivity index (χ3v) is 1.19. The first kappa shape index (κ1) is 7.64. The second kappa shape index (κ2) is 3.65. The molecular formula is C5H7N4O2.